The Morgan fingerprint density at radius 2 is 0.812 bits per heavy atom. The summed E-state index contributed by atoms with van der Waals surface area (Å²) in [4.78, 5) is 0. The molecular formula is C30H30Si2. The Morgan fingerprint density at radius 1 is 0.469 bits per heavy atom. The lowest BCUT2D eigenvalue weighted by atomic mass is 10.1. The Labute approximate surface area is 195 Å². The van der Waals surface area contributed by atoms with Crippen LogP contribution in [0, 0.1) is 0 Å². The molecule has 0 aromatic heterocycles. The molecule has 2 heteroatoms. The molecule has 158 valence electrons. The highest BCUT2D eigenvalue weighted by Gasteiger charge is 2.12. The third kappa shape index (κ3) is 5.53. The second-order valence-electron chi connectivity index (χ2n) is 8.31. The van der Waals surface area contributed by atoms with Crippen LogP contribution in [0.3, 0.4) is 0 Å². The highest BCUT2D eigenvalue weighted by Crippen LogP contribution is 2.18. The van der Waals surface area contributed by atoms with E-state index in [4.69, 9.17) is 0 Å². The zero-order valence-electron chi connectivity index (χ0n) is 18.5. The van der Waals surface area contributed by atoms with Gasteiger partial charge in [0.25, 0.3) is 0 Å². The fraction of sp³-hybridized carbons (Fsp3) is 0.0667. The molecule has 4 aromatic rings. The van der Waals surface area contributed by atoms with Gasteiger partial charge >= 0.3 is 0 Å². The standard InChI is InChI=1S/C30H30Si2/c1-3-31(23-25-11-7-5-8-12-25)29-19-15-27(16-20-29)28-17-21-30(22-18-28)32(4-2)24-26-13-9-6-10-14-26/h3-22,31-32H,1-2,23-24H2. The van der Waals surface area contributed by atoms with Gasteiger partial charge in [-0.05, 0) is 23.2 Å². The van der Waals surface area contributed by atoms with Gasteiger partial charge in [-0.25, -0.2) is 0 Å². The largest absolute Gasteiger partial charge is 0.107 e. The van der Waals surface area contributed by atoms with E-state index in [0.717, 1.165) is 12.1 Å². The molecule has 0 N–H and O–H groups in total. The van der Waals surface area contributed by atoms with Crippen LogP contribution in [0.5, 0.6) is 0 Å². The fourth-order valence-corrected chi connectivity index (χ4v) is 8.54. The predicted octanol–water partition coefficient (Wildman–Crippen LogP) is 5.24. The summed E-state index contributed by atoms with van der Waals surface area (Å²) in [6.07, 6.45) is 0. The average Bonchev–Trinajstić information content (AvgIpc) is 2.87. The lowest BCUT2D eigenvalue weighted by Crippen LogP contribution is -2.31. The van der Waals surface area contributed by atoms with Crippen molar-refractivity contribution in [2.75, 3.05) is 0 Å². The third-order valence-corrected chi connectivity index (χ3v) is 11.6. The molecule has 0 spiro atoms. The molecular weight excluding hydrogens is 417 g/mol. The minimum absolute atomic E-state index is 1.12. The van der Waals surface area contributed by atoms with Gasteiger partial charge in [0, 0.05) is 0 Å². The van der Waals surface area contributed by atoms with Gasteiger partial charge in [0.15, 0.2) is 0 Å². The molecule has 0 aliphatic carbocycles. The monoisotopic (exact) mass is 446 g/mol. The smallest absolute Gasteiger partial charge is 0.0977 e. The second-order valence-corrected chi connectivity index (χ2v) is 13.8. The van der Waals surface area contributed by atoms with Crippen LogP contribution < -0.4 is 10.4 Å². The molecule has 0 fully saturated rings. The maximum Gasteiger partial charge on any atom is 0.0977 e. The summed E-state index contributed by atoms with van der Waals surface area (Å²) in [5, 5.41) is 2.90. The van der Waals surface area contributed by atoms with Gasteiger partial charge in [-0.2, -0.15) is 0 Å². The summed E-state index contributed by atoms with van der Waals surface area (Å²) in [6, 6.07) is 42.1. The van der Waals surface area contributed by atoms with Crippen molar-refractivity contribution >= 4 is 28.0 Å². The van der Waals surface area contributed by atoms with Crippen LogP contribution in [0.2, 0.25) is 0 Å². The van der Waals surface area contributed by atoms with Gasteiger partial charge in [0.2, 0.25) is 0 Å². The van der Waals surface area contributed by atoms with Crippen molar-refractivity contribution in [1.29, 1.82) is 0 Å². The van der Waals surface area contributed by atoms with Gasteiger partial charge in [0.1, 0.15) is 0 Å². The van der Waals surface area contributed by atoms with Crippen molar-refractivity contribution in [3.8, 4) is 11.1 Å². The van der Waals surface area contributed by atoms with Crippen LogP contribution in [0.1, 0.15) is 11.1 Å². The first-order valence-electron chi connectivity index (χ1n) is 11.3. The summed E-state index contributed by atoms with van der Waals surface area (Å²) in [7, 11) is -2.43. The van der Waals surface area contributed by atoms with Crippen LogP contribution >= 0.6 is 0 Å². The van der Waals surface area contributed by atoms with E-state index < -0.39 is 17.6 Å². The van der Waals surface area contributed by atoms with Crippen LogP contribution in [0.15, 0.2) is 134 Å². The Balaban J connectivity index is 1.47. The number of hydrogen-bond donors (Lipinski definition) is 0. The van der Waals surface area contributed by atoms with Gasteiger partial charge < -0.3 is 0 Å². The summed E-state index contributed by atoms with van der Waals surface area (Å²) in [5.74, 6) is 0. The highest BCUT2D eigenvalue weighted by molar-refractivity contribution is 6.77. The van der Waals surface area contributed by atoms with Crippen LogP contribution in [0.4, 0.5) is 0 Å². The Bertz CT molecular complexity index is 1040. The van der Waals surface area contributed by atoms with E-state index in [2.05, 4.69) is 134 Å². The van der Waals surface area contributed by atoms with Crippen LogP contribution in [0.25, 0.3) is 11.1 Å². The first kappa shape index (κ1) is 22.0. The van der Waals surface area contributed by atoms with Crippen molar-refractivity contribution in [2.45, 2.75) is 12.1 Å². The molecule has 0 amide bonds. The average molecular weight is 447 g/mol. The van der Waals surface area contributed by atoms with E-state index in [1.165, 1.54) is 32.6 Å². The second kappa shape index (κ2) is 10.9. The Kier molecular flexibility index (Phi) is 7.49. The van der Waals surface area contributed by atoms with E-state index >= 15 is 0 Å². The zero-order valence-corrected chi connectivity index (χ0v) is 20.8. The molecule has 0 heterocycles. The summed E-state index contributed by atoms with van der Waals surface area (Å²) in [6.45, 7) is 8.27. The summed E-state index contributed by atoms with van der Waals surface area (Å²) < 4.78 is 0. The van der Waals surface area contributed by atoms with E-state index in [9.17, 15) is 0 Å². The van der Waals surface area contributed by atoms with Crippen molar-refractivity contribution < 1.29 is 0 Å². The van der Waals surface area contributed by atoms with Crippen molar-refractivity contribution in [3.05, 3.63) is 145 Å². The number of rotatable bonds is 9. The Morgan fingerprint density at radius 3 is 1.12 bits per heavy atom. The van der Waals surface area contributed by atoms with Crippen LogP contribution in [-0.2, 0) is 12.1 Å². The topological polar surface area (TPSA) is 0 Å². The SMILES string of the molecule is C=C[SiH](Cc1ccccc1)c1ccc(-c2ccc([SiH](C=C)Cc3ccccc3)cc2)cc1. The maximum atomic E-state index is 4.14. The minimum atomic E-state index is -1.21. The molecule has 0 radical (unpaired) electrons. The fourth-order valence-electron chi connectivity index (χ4n) is 4.26. The highest BCUT2D eigenvalue weighted by atomic mass is 28.3. The quantitative estimate of drug-likeness (QED) is 0.309. The van der Waals surface area contributed by atoms with Crippen molar-refractivity contribution in [2.24, 2.45) is 0 Å². The van der Waals surface area contributed by atoms with Crippen molar-refractivity contribution in [3.63, 3.8) is 0 Å². The molecule has 2 atom stereocenters. The first-order chi connectivity index (χ1) is 15.8. The van der Waals surface area contributed by atoms with Gasteiger partial charge in [-0.3, -0.25) is 0 Å². The summed E-state index contributed by atoms with van der Waals surface area (Å²) >= 11 is 0. The molecule has 0 nitrogen and oxygen atoms in total. The maximum absolute atomic E-state index is 4.14. The Hall–Kier alpha value is -3.21. The van der Waals surface area contributed by atoms with Crippen molar-refractivity contribution in [1.82, 2.24) is 0 Å². The predicted molar refractivity (Wildman–Crippen MR) is 146 cm³/mol. The molecule has 0 saturated carbocycles. The molecule has 0 aliphatic rings. The number of benzene rings is 4. The van der Waals surface area contributed by atoms with E-state index in [0.29, 0.717) is 0 Å². The molecule has 32 heavy (non-hydrogen) atoms. The van der Waals surface area contributed by atoms with Gasteiger partial charge in [-0.1, -0.05) is 142 Å². The van der Waals surface area contributed by atoms with Gasteiger partial charge in [0.05, 0.1) is 17.6 Å². The minimum Gasteiger partial charge on any atom is -0.107 e. The summed E-state index contributed by atoms with van der Waals surface area (Å²) in [5.41, 5.74) is 9.75. The molecule has 0 saturated heterocycles. The molecule has 4 rings (SSSR count). The molecule has 0 bridgehead atoms. The molecule has 2 unspecified atom stereocenters. The van der Waals surface area contributed by atoms with E-state index in [1.54, 1.807) is 0 Å². The molecule has 0 aliphatic heterocycles. The van der Waals surface area contributed by atoms with E-state index in [-0.39, 0.29) is 0 Å². The number of hydrogen-bond acceptors (Lipinski definition) is 0. The van der Waals surface area contributed by atoms with Crippen LogP contribution in [-0.4, -0.2) is 17.6 Å². The zero-order chi connectivity index (χ0) is 22.2. The normalized spacial score (nSPS) is 12.6. The third-order valence-electron chi connectivity index (χ3n) is 6.18. The molecule has 4 aromatic carbocycles. The van der Waals surface area contributed by atoms with E-state index in [1.807, 2.05) is 0 Å². The first-order valence-corrected chi connectivity index (χ1v) is 15.4. The lowest BCUT2D eigenvalue weighted by molar-refractivity contribution is 1.37. The van der Waals surface area contributed by atoms with Gasteiger partial charge in [-0.15, -0.1) is 13.2 Å². The lowest BCUT2D eigenvalue weighted by Gasteiger charge is -2.14.